The standard InChI is InChI=1S/C22H20F3N5O5S/c23-22(24,25)21-28-18(29-35-21)14-2-1-3-15(12-14)20(32)30-10-8-13(9-11-30)19(31)27-16-4-6-17(7-5-16)36(26,33)34/h1-7,12-13H,8-11H2,(H,27,31)(H2,26,33,34). The maximum absolute atomic E-state index is 13.0. The van der Waals surface area contributed by atoms with Crippen molar-refractivity contribution in [2.45, 2.75) is 23.9 Å². The molecule has 2 amide bonds. The molecule has 1 saturated heterocycles. The minimum atomic E-state index is -4.77. The number of anilines is 1. The maximum atomic E-state index is 13.0. The van der Waals surface area contributed by atoms with Crippen molar-refractivity contribution < 1.29 is 35.7 Å². The molecule has 10 nitrogen and oxygen atoms in total. The van der Waals surface area contributed by atoms with Crippen LogP contribution in [0.25, 0.3) is 11.4 Å². The molecule has 0 spiro atoms. The molecule has 190 valence electrons. The normalized spacial score (nSPS) is 15.1. The van der Waals surface area contributed by atoms with Crippen molar-refractivity contribution in [3.63, 3.8) is 0 Å². The Morgan fingerprint density at radius 3 is 2.33 bits per heavy atom. The van der Waals surface area contributed by atoms with Gasteiger partial charge in [0.1, 0.15) is 0 Å². The van der Waals surface area contributed by atoms with Gasteiger partial charge in [-0.15, -0.1) is 0 Å². The fourth-order valence-corrected chi connectivity index (χ4v) is 4.26. The van der Waals surface area contributed by atoms with E-state index in [1.807, 2.05) is 0 Å². The predicted molar refractivity (Wildman–Crippen MR) is 120 cm³/mol. The van der Waals surface area contributed by atoms with E-state index in [9.17, 15) is 31.2 Å². The Balaban J connectivity index is 1.36. The third-order valence-electron chi connectivity index (χ3n) is 5.64. The molecule has 14 heteroatoms. The first-order chi connectivity index (χ1) is 16.9. The lowest BCUT2D eigenvalue weighted by atomic mass is 9.95. The molecule has 2 aromatic carbocycles. The van der Waals surface area contributed by atoms with E-state index in [0.717, 1.165) is 0 Å². The van der Waals surface area contributed by atoms with Crippen molar-refractivity contribution in [3.8, 4) is 11.4 Å². The van der Waals surface area contributed by atoms with Gasteiger partial charge in [-0.2, -0.15) is 18.2 Å². The number of likely N-dealkylation sites (tertiary alicyclic amines) is 1. The molecular formula is C22H20F3N5O5S. The summed E-state index contributed by atoms with van der Waals surface area (Å²) in [7, 11) is -3.84. The van der Waals surface area contributed by atoms with E-state index in [0.29, 0.717) is 31.6 Å². The third-order valence-corrected chi connectivity index (χ3v) is 6.57. The van der Waals surface area contributed by atoms with Crippen molar-refractivity contribution in [1.29, 1.82) is 0 Å². The summed E-state index contributed by atoms with van der Waals surface area (Å²) >= 11 is 0. The molecule has 1 aliphatic rings. The van der Waals surface area contributed by atoms with Gasteiger partial charge in [-0.1, -0.05) is 17.3 Å². The Labute approximate surface area is 203 Å². The third kappa shape index (κ3) is 5.71. The topological polar surface area (TPSA) is 148 Å². The van der Waals surface area contributed by atoms with Gasteiger partial charge in [0.2, 0.25) is 21.8 Å². The lowest BCUT2D eigenvalue weighted by Crippen LogP contribution is -2.41. The van der Waals surface area contributed by atoms with Gasteiger partial charge in [-0.3, -0.25) is 9.59 Å². The van der Waals surface area contributed by atoms with Crippen molar-refractivity contribution in [2.24, 2.45) is 11.1 Å². The molecule has 4 rings (SSSR count). The number of alkyl halides is 3. The van der Waals surface area contributed by atoms with Gasteiger partial charge >= 0.3 is 12.1 Å². The largest absolute Gasteiger partial charge is 0.471 e. The van der Waals surface area contributed by atoms with Crippen LogP contribution in [0.15, 0.2) is 57.9 Å². The number of primary sulfonamides is 1. The number of hydrogen-bond donors (Lipinski definition) is 2. The number of halogens is 3. The van der Waals surface area contributed by atoms with E-state index < -0.39 is 22.1 Å². The molecule has 1 aromatic heterocycles. The number of aromatic nitrogens is 2. The summed E-state index contributed by atoms with van der Waals surface area (Å²) < 4.78 is 65.1. The number of nitrogens with one attached hydrogen (secondary N) is 1. The smallest absolute Gasteiger partial charge is 0.339 e. The molecule has 36 heavy (non-hydrogen) atoms. The monoisotopic (exact) mass is 523 g/mol. The minimum absolute atomic E-state index is 0.0727. The fourth-order valence-electron chi connectivity index (χ4n) is 3.75. The number of carbonyl (C=O) groups excluding carboxylic acids is 2. The number of carbonyl (C=O) groups is 2. The summed E-state index contributed by atoms with van der Waals surface area (Å²) in [5.74, 6) is -2.73. The molecular weight excluding hydrogens is 503 g/mol. The zero-order valence-electron chi connectivity index (χ0n) is 18.5. The second-order valence-electron chi connectivity index (χ2n) is 8.13. The van der Waals surface area contributed by atoms with Crippen LogP contribution in [0, 0.1) is 5.92 Å². The lowest BCUT2D eigenvalue weighted by Gasteiger charge is -2.31. The molecule has 0 unspecified atom stereocenters. The Kier molecular flexibility index (Phi) is 6.82. The highest BCUT2D eigenvalue weighted by atomic mass is 32.2. The predicted octanol–water partition coefficient (Wildman–Crippen LogP) is 2.89. The molecule has 0 radical (unpaired) electrons. The summed E-state index contributed by atoms with van der Waals surface area (Å²) in [5, 5.41) is 11.1. The first-order valence-corrected chi connectivity index (χ1v) is 12.2. The number of amides is 2. The van der Waals surface area contributed by atoms with Gasteiger partial charge in [-0.25, -0.2) is 13.6 Å². The Morgan fingerprint density at radius 2 is 1.75 bits per heavy atom. The van der Waals surface area contributed by atoms with Gasteiger partial charge in [0.05, 0.1) is 4.90 Å². The van der Waals surface area contributed by atoms with Crippen LogP contribution in [0.4, 0.5) is 18.9 Å². The van der Waals surface area contributed by atoms with Crippen LogP contribution in [0.1, 0.15) is 29.1 Å². The second-order valence-corrected chi connectivity index (χ2v) is 9.69. The first-order valence-electron chi connectivity index (χ1n) is 10.7. The number of nitrogens with zero attached hydrogens (tertiary/aromatic N) is 3. The summed E-state index contributed by atoms with van der Waals surface area (Å²) in [6.45, 7) is 0.595. The molecule has 1 aliphatic heterocycles. The van der Waals surface area contributed by atoms with E-state index in [2.05, 4.69) is 20.0 Å². The number of rotatable bonds is 5. The van der Waals surface area contributed by atoms with Gasteiger partial charge in [0.25, 0.3) is 5.91 Å². The van der Waals surface area contributed by atoms with E-state index in [-0.39, 0.29) is 39.6 Å². The molecule has 0 aliphatic carbocycles. The van der Waals surface area contributed by atoms with Crippen molar-refractivity contribution in [1.82, 2.24) is 15.0 Å². The van der Waals surface area contributed by atoms with Gasteiger partial charge in [-0.05, 0) is 49.2 Å². The molecule has 3 aromatic rings. The quantitative estimate of drug-likeness (QED) is 0.522. The summed E-state index contributed by atoms with van der Waals surface area (Å²) in [6, 6.07) is 11.3. The fraction of sp³-hybridized carbons (Fsp3) is 0.273. The Hall–Kier alpha value is -3.78. The lowest BCUT2D eigenvalue weighted by molar-refractivity contribution is -0.159. The molecule has 0 atom stereocenters. The molecule has 1 fully saturated rings. The Bertz CT molecular complexity index is 1380. The number of hydrogen-bond acceptors (Lipinski definition) is 7. The Morgan fingerprint density at radius 1 is 1.08 bits per heavy atom. The summed E-state index contributed by atoms with van der Waals surface area (Å²) in [6.07, 6.45) is -3.98. The van der Waals surface area contributed by atoms with Crippen LogP contribution in [-0.2, 0) is 21.0 Å². The average molecular weight is 523 g/mol. The molecule has 3 N–H and O–H groups in total. The highest BCUT2D eigenvalue weighted by Gasteiger charge is 2.38. The number of piperidine rings is 1. The average Bonchev–Trinajstić information content (AvgIpc) is 3.35. The highest BCUT2D eigenvalue weighted by Crippen LogP contribution is 2.30. The zero-order chi connectivity index (χ0) is 26.1. The molecule has 2 heterocycles. The van der Waals surface area contributed by atoms with E-state index in [4.69, 9.17) is 5.14 Å². The van der Waals surface area contributed by atoms with Crippen molar-refractivity contribution >= 4 is 27.5 Å². The number of sulfonamides is 1. The van der Waals surface area contributed by atoms with Gasteiger partial charge < -0.3 is 14.7 Å². The summed E-state index contributed by atoms with van der Waals surface area (Å²) in [4.78, 5) is 30.4. The van der Waals surface area contributed by atoms with Crippen LogP contribution < -0.4 is 10.5 Å². The van der Waals surface area contributed by atoms with E-state index in [1.54, 1.807) is 4.90 Å². The summed E-state index contributed by atoms with van der Waals surface area (Å²) in [5.41, 5.74) is 0.851. The maximum Gasteiger partial charge on any atom is 0.471 e. The number of benzene rings is 2. The minimum Gasteiger partial charge on any atom is -0.339 e. The number of nitrogens with two attached hydrogens (primary N) is 1. The van der Waals surface area contributed by atoms with E-state index >= 15 is 0 Å². The van der Waals surface area contributed by atoms with E-state index in [1.165, 1.54) is 48.5 Å². The molecule has 0 bridgehead atoms. The van der Waals surface area contributed by atoms with Gasteiger partial charge in [0, 0.05) is 35.8 Å². The van der Waals surface area contributed by atoms with Crippen molar-refractivity contribution in [3.05, 3.63) is 60.0 Å². The first kappa shape index (κ1) is 25.3. The SMILES string of the molecule is NS(=O)(=O)c1ccc(NC(=O)C2CCN(C(=O)c3cccc(-c4noc(C(F)(F)F)n4)c3)CC2)cc1. The van der Waals surface area contributed by atoms with Crippen LogP contribution >= 0.6 is 0 Å². The van der Waals surface area contributed by atoms with Crippen molar-refractivity contribution in [2.75, 3.05) is 18.4 Å². The van der Waals surface area contributed by atoms with Crippen LogP contribution in [0.2, 0.25) is 0 Å². The second kappa shape index (κ2) is 9.70. The van der Waals surface area contributed by atoms with Crippen LogP contribution in [-0.4, -0.2) is 48.4 Å². The van der Waals surface area contributed by atoms with Gasteiger partial charge in [0.15, 0.2) is 0 Å². The molecule has 0 saturated carbocycles. The van der Waals surface area contributed by atoms with Crippen LogP contribution in [0.5, 0.6) is 0 Å². The zero-order valence-corrected chi connectivity index (χ0v) is 19.3. The van der Waals surface area contributed by atoms with Crippen LogP contribution in [0.3, 0.4) is 0 Å². The highest BCUT2D eigenvalue weighted by molar-refractivity contribution is 7.89.